The van der Waals surface area contributed by atoms with Crippen LogP contribution >= 0.6 is 0 Å². The van der Waals surface area contributed by atoms with Gasteiger partial charge < -0.3 is 34.0 Å². The third-order valence-electron chi connectivity index (χ3n) is 9.69. The van der Waals surface area contributed by atoms with E-state index in [1.54, 1.807) is 20.1 Å². The van der Waals surface area contributed by atoms with E-state index in [0.29, 0.717) is 49.2 Å². The average Bonchev–Trinajstić information content (AvgIpc) is 3.29. The molecule has 0 aromatic heterocycles. The maximum Gasteiger partial charge on any atom is 0.316 e. The first-order chi connectivity index (χ1) is 21.3. The number of carbonyl (C=O) groups is 1. The number of rotatable bonds is 3. The van der Waals surface area contributed by atoms with Gasteiger partial charge in [0, 0.05) is 25.7 Å². The summed E-state index contributed by atoms with van der Waals surface area (Å²) in [5, 5.41) is 27.5. The summed E-state index contributed by atoms with van der Waals surface area (Å²) in [6.45, 7) is 12.5. The summed E-state index contributed by atoms with van der Waals surface area (Å²) in [4.78, 5) is 19.3. The van der Waals surface area contributed by atoms with Crippen molar-refractivity contribution in [2.75, 3.05) is 13.7 Å². The van der Waals surface area contributed by atoms with E-state index < -0.39 is 41.6 Å². The average molecular weight is 626 g/mol. The van der Waals surface area contributed by atoms with E-state index >= 15 is 0 Å². The molecule has 0 amide bonds. The first kappa shape index (κ1) is 33.8. The van der Waals surface area contributed by atoms with Crippen LogP contribution in [0.3, 0.4) is 0 Å². The Kier molecular flexibility index (Phi) is 10.3. The quantitative estimate of drug-likeness (QED) is 0.241. The molecule has 1 aliphatic carbocycles. The van der Waals surface area contributed by atoms with Crippen LogP contribution < -0.4 is 0 Å². The largest absolute Gasteiger partial charge is 0.462 e. The molecule has 0 saturated carbocycles. The molecule has 45 heavy (non-hydrogen) atoms. The van der Waals surface area contributed by atoms with Crippen molar-refractivity contribution in [2.24, 2.45) is 22.9 Å². The Labute approximate surface area is 267 Å². The third-order valence-corrected chi connectivity index (χ3v) is 9.69. The van der Waals surface area contributed by atoms with Crippen molar-refractivity contribution in [1.82, 2.24) is 0 Å². The van der Waals surface area contributed by atoms with Crippen molar-refractivity contribution in [1.29, 1.82) is 0 Å². The molecule has 9 atom stereocenters. The fourth-order valence-corrected chi connectivity index (χ4v) is 7.63. The highest BCUT2D eigenvalue weighted by Gasteiger charge is 2.60. The van der Waals surface area contributed by atoms with Crippen LogP contribution in [-0.2, 0) is 28.6 Å². The molecule has 5 rings (SSSR count). The summed E-state index contributed by atoms with van der Waals surface area (Å²) in [5.74, 6) is -2.08. The number of hydrogen-bond acceptors (Lipinski definition) is 9. The molecule has 1 spiro atoms. The van der Waals surface area contributed by atoms with E-state index in [2.05, 4.69) is 58.0 Å². The standard InChI is InChI=1S/C36H51NO8/c1-21(2)13-24(5)31-16-27(37-41-7)18-35(45-31)19-29-17-28(44-35)12-11-23(4)14-22(3)9-8-10-26-20-42-33-32(38)25(6)15-30(34(39)43-29)36(26,33)40/h8-11,13,15,21-22,28-33,38,40H,12,14,16-20H2,1-7H3/b9-8?,23-11?,24-13+,26-10?,37-27-/t22-,28+,29-,30-,31-,32+,33+,35+,36+/m0/s1. The molecular formula is C36H51NO8. The van der Waals surface area contributed by atoms with Crippen LogP contribution in [0.15, 0.2) is 63.9 Å². The summed E-state index contributed by atoms with van der Waals surface area (Å²) in [6, 6.07) is 0. The van der Waals surface area contributed by atoms with E-state index in [1.165, 1.54) is 5.57 Å². The van der Waals surface area contributed by atoms with Crippen LogP contribution in [0.4, 0.5) is 0 Å². The number of esters is 1. The van der Waals surface area contributed by atoms with Crippen molar-refractivity contribution in [3.8, 4) is 0 Å². The molecule has 4 aliphatic heterocycles. The lowest BCUT2D eigenvalue weighted by atomic mass is 9.71. The molecule has 9 heteroatoms. The molecule has 2 bridgehead atoms. The van der Waals surface area contributed by atoms with Gasteiger partial charge in [0.1, 0.15) is 36.9 Å². The van der Waals surface area contributed by atoms with Gasteiger partial charge in [0.15, 0.2) is 5.79 Å². The minimum Gasteiger partial charge on any atom is -0.462 e. The molecule has 0 unspecified atom stereocenters. The predicted molar refractivity (Wildman–Crippen MR) is 171 cm³/mol. The van der Waals surface area contributed by atoms with Crippen molar-refractivity contribution in [2.45, 2.75) is 122 Å². The molecule has 248 valence electrons. The zero-order chi connectivity index (χ0) is 32.5. The fourth-order valence-electron chi connectivity index (χ4n) is 7.63. The van der Waals surface area contributed by atoms with Gasteiger partial charge in [-0.05, 0) is 62.2 Å². The normalized spacial score (nSPS) is 40.5. The molecule has 3 fully saturated rings. The number of aliphatic hydroxyl groups excluding tert-OH is 1. The Balaban J connectivity index is 1.54. The highest BCUT2D eigenvalue weighted by atomic mass is 16.7. The number of carbonyl (C=O) groups excluding carboxylic acids is 1. The van der Waals surface area contributed by atoms with Gasteiger partial charge >= 0.3 is 5.97 Å². The highest BCUT2D eigenvalue weighted by molar-refractivity contribution is 5.86. The summed E-state index contributed by atoms with van der Waals surface area (Å²) in [6.07, 6.45) is 12.1. The van der Waals surface area contributed by atoms with Gasteiger partial charge in [-0.25, -0.2) is 0 Å². The Bertz CT molecular complexity index is 1310. The molecule has 0 aromatic rings. The summed E-state index contributed by atoms with van der Waals surface area (Å²) >= 11 is 0. The smallest absolute Gasteiger partial charge is 0.316 e. The molecule has 2 N–H and O–H groups in total. The summed E-state index contributed by atoms with van der Waals surface area (Å²) in [5.41, 5.74) is 2.55. The maximum absolute atomic E-state index is 14.1. The minimum absolute atomic E-state index is 0.114. The van der Waals surface area contributed by atoms with Crippen molar-refractivity contribution < 1.29 is 38.8 Å². The van der Waals surface area contributed by atoms with Crippen molar-refractivity contribution in [3.05, 3.63) is 58.7 Å². The molecular weight excluding hydrogens is 574 g/mol. The van der Waals surface area contributed by atoms with Gasteiger partial charge in [-0.2, -0.15) is 0 Å². The number of aliphatic hydroxyl groups is 2. The van der Waals surface area contributed by atoms with Crippen molar-refractivity contribution in [3.63, 3.8) is 0 Å². The Morgan fingerprint density at radius 1 is 1.20 bits per heavy atom. The first-order valence-electron chi connectivity index (χ1n) is 16.4. The van der Waals surface area contributed by atoms with E-state index in [0.717, 1.165) is 17.7 Å². The van der Waals surface area contributed by atoms with Gasteiger partial charge in [0.25, 0.3) is 0 Å². The second kappa shape index (κ2) is 13.7. The minimum atomic E-state index is -1.73. The van der Waals surface area contributed by atoms with Crippen molar-refractivity contribution >= 4 is 11.7 Å². The lowest BCUT2D eigenvalue weighted by Gasteiger charge is -2.48. The van der Waals surface area contributed by atoms with Gasteiger partial charge in [-0.15, -0.1) is 0 Å². The second-order valence-electron chi connectivity index (χ2n) is 14.1. The zero-order valence-corrected chi connectivity index (χ0v) is 27.8. The number of oxime groups is 1. The lowest BCUT2D eigenvalue weighted by molar-refractivity contribution is -0.309. The fraction of sp³-hybridized carbons (Fsp3) is 0.667. The Hall–Kier alpha value is -2.56. The van der Waals surface area contributed by atoms with Crippen LogP contribution in [0, 0.1) is 17.8 Å². The van der Waals surface area contributed by atoms with E-state index in [1.807, 2.05) is 12.2 Å². The Morgan fingerprint density at radius 2 is 1.98 bits per heavy atom. The number of allylic oxidation sites excluding steroid dienone is 5. The zero-order valence-electron chi connectivity index (χ0n) is 27.8. The molecule has 4 heterocycles. The maximum atomic E-state index is 14.1. The lowest BCUT2D eigenvalue weighted by Crippen LogP contribution is -2.58. The number of ether oxygens (including phenoxy) is 4. The van der Waals surface area contributed by atoms with Crippen LogP contribution in [-0.4, -0.2) is 77.5 Å². The van der Waals surface area contributed by atoms with Gasteiger partial charge in [-0.3, -0.25) is 4.79 Å². The van der Waals surface area contributed by atoms with E-state index in [4.69, 9.17) is 23.8 Å². The summed E-state index contributed by atoms with van der Waals surface area (Å²) in [7, 11) is 1.54. The van der Waals surface area contributed by atoms with Gasteiger partial charge in [0.2, 0.25) is 0 Å². The molecule has 3 saturated heterocycles. The predicted octanol–water partition coefficient (Wildman–Crippen LogP) is 5.48. The van der Waals surface area contributed by atoms with Gasteiger partial charge in [0.05, 0.1) is 24.5 Å². The number of hydrogen-bond donors (Lipinski definition) is 2. The molecule has 5 aliphatic rings. The summed E-state index contributed by atoms with van der Waals surface area (Å²) < 4.78 is 25.8. The highest BCUT2D eigenvalue weighted by Crippen LogP contribution is 2.47. The second-order valence-corrected chi connectivity index (χ2v) is 14.1. The van der Waals surface area contributed by atoms with Crippen LogP contribution in [0.25, 0.3) is 0 Å². The number of nitrogens with zero attached hydrogens (tertiary/aromatic N) is 1. The molecule has 9 nitrogen and oxygen atoms in total. The molecule has 0 radical (unpaired) electrons. The Morgan fingerprint density at radius 3 is 2.71 bits per heavy atom. The van der Waals surface area contributed by atoms with Crippen LogP contribution in [0.2, 0.25) is 0 Å². The van der Waals surface area contributed by atoms with Crippen LogP contribution in [0.5, 0.6) is 0 Å². The third kappa shape index (κ3) is 7.23. The number of fused-ring (bicyclic) bond motifs is 2. The first-order valence-corrected chi connectivity index (χ1v) is 16.4. The SMILES string of the molecule is CO/N=C1/C[C@@H](/C(C)=C/C(C)C)O[C@]2(C1)C[C@@H]1C[C@@H](CC=C(C)C[C@@H](C)C=CC=C3CO[C@@H]4[C@H](O)C(C)=C[C@@H](C(=O)O1)[C@]34O)O2. The topological polar surface area (TPSA) is 116 Å². The van der Waals surface area contributed by atoms with Gasteiger partial charge in [-0.1, -0.05) is 68.0 Å². The monoisotopic (exact) mass is 625 g/mol. The van der Waals surface area contributed by atoms with E-state index in [-0.39, 0.29) is 24.7 Å². The van der Waals surface area contributed by atoms with Crippen LogP contribution in [0.1, 0.15) is 80.1 Å². The molecule has 0 aromatic carbocycles. The van der Waals surface area contributed by atoms with E-state index in [9.17, 15) is 15.0 Å².